The fourth-order valence-electron chi connectivity index (χ4n) is 1.79. The van der Waals surface area contributed by atoms with Crippen LogP contribution < -0.4 is 11.3 Å². The summed E-state index contributed by atoms with van der Waals surface area (Å²) in [4.78, 5) is 4.00. The molecule has 0 amide bonds. The zero-order valence-electron chi connectivity index (χ0n) is 9.61. The van der Waals surface area contributed by atoms with Crippen LogP contribution in [-0.4, -0.2) is 4.98 Å². The molecule has 0 aliphatic carbocycles. The normalized spacial score (nSPS) is 12.4. The third-order valence-electron chi connectivity index (χ3n) is 2.72. The van der Waals surface area contributed by atoms with E-state index in [1.807, 2.05) is 30.3 Å². The highest BCUT2D eigenvalue weighted by atomic mass is 79.9. The molecule has 3 nitrogen and oxygen atoms in total. The molecule has 1 heterocycles. The van der Waals surface area contributed by atoms with Gasteiger partial charge in [0.2, 0.25) is 0 Å². The van der Waals surface area contributed by atoms with Crippen molar-refractivity contribution >= 4 is 27.5 Å². The van der Waals surface area contributed by atoms with Crippen molar-refractivity contribution in [1.29, 1.82) is 0 Å². The minimum atomic E-state index is -0.0302. The number of benzene rings is 1. The third kappa shape index (κ3) is 3.29. The van der Waals surface area contributed by atoms with Crippen molar-refractivity contribution < 1.29 is 0 Å². The molecule has 5 heteroatoms. The first-order chi connectivity index (χ1) is 8.70. The Kier molecular flexibility index (Phi) is 4.72. The van der Waals surface area contributed by atoms with Gasteiger partial charge < -0.3 is 0 Å². The van der Waals surface area contributed by atoms with Crippen molar-refractivity contribution in [1.82, 2.24) is 10.4 Å². The Morgan fingerprint density at radius 3 is 2.67 bits per heavy atom. The molecule has 0 fully saturated rings. The van der Waals surface area contributed by atoms with Crippen molar-refractivity contribution in [2.45, 2.75) is 12.5 Å². The number of halogens is 2. The second-order valence-electron chi connectivity index (χ2n) is 3.94. The number of hydrogen-bond donors (Lipinski definition) is 2. The van der Waals surface area contributed by atoms with Crippen LogP contribution in [0.3, 0.4) is 0 Å². The first-order valence-corrected chi connectivity index (χ1v) is 6.68. The molecule has 3 N–H and O–H groups in total. The Labute approximate surface area is 119 Å². The topological polar surface area (TPSA) is 50.9 Å². The number of pyridine rings is 1. The van der Waals surface area contributed by atoms with Crippen LogP contribution in [0.15, 0.2) is 47.2 Å². The van der Waals surface area contributed by atoms with Crippen molar-refractivity contribution in [3.8, 4) is 0 Å². The molecule has 0 saturated heterocycles. The van der Waals surface area contributed by atoms with Crippen LogP contribution in [0.25, 0.3) is 0 Å². The summed E-state index contributed by atoms with van der Waals surface area (Å²) in [6.07, 6.45) is 4.30. The van der Waals surface area contributed by atoms with Gasteiger partial charge in [-0.25, -0.2) is 0 Å². The smallest absolute Gasteiger partial charge is 0.0515 e. The molecule has 0 saturated carbocycles. The highest BCUT2D eigenvalue weighted by Gasteiger charge is 2.14. The zero-order valence-corrected chi connectivity index (χ0v) is 11.9. The molecule has 1 atom stereocenters. The van der Waals surface area contributed by atoms with Crippen molar-refractivity contribution in [3.05, 3.63) is 63.3 Å². The van der Waals surface area contributed by atoms with E-state index in [2.05, 4.69) is 26.3 Å². The lowest BCUT2D eigenvalue weighted by Crippen LogP contribution is -2.29. The number of rotatable bonds is 4. The summed E-state index contributed by atoms with van der Waals surface area (Å²) in [6, 6.07) is 9.65. The molecule has 0 aliphatic heterocycles. The molecule has 2 aromatic rings. The van der Waals surface area contributed by atoms with E-state index in [0.717, 1.165) is 22.0 Å². The fraction of sp³-hybridized carbons (Fsp3) is 0.154. The van der Waals surface area contributed by atoms with Crippen molar-refractivity contribution in [3.63, 3.8) is 0 Å². The van der Waals surface area contributed by atoms with E-state index in [0.29, 0.717) is 5.02 Å². The molecule has 1 unspecified atom stereocenters. The van der Waals surface area contributed by atoms with E-state index < -0.39 is 0 Å². The SMILES string of the molecule is NNC(Cc1ccncc1)c1cc(Br)ccc1Cl. The predicted molar refractivity (Wildman–Crippen MR) is 77.2 cm³/mol. The summed E-state index contributed by atoms with van der Waals surface area (Å²) in [5.41, 5.74) is 4.94. The van der Waals surface area contributed by atoms with E-state index in [4.69, 9.17) is 17.4 Å². The molecule has 0 spiro atoms. The maximum absolute atomic E-state index is 6.21. The van der Waals surface area contributed by atoms with Crippen LogP contribution in [0.1, 0.15) is 17.2 Å². The zero-order chi connectivity index (χ0) is 13.0. The minimum absolute atomic E-state index is 0.0302. The summed E-state index contributed by atoms with van der Waals surface area (Å²) in [6.45, 7) is 0. The molecule has 0 radical (unpaired) electrons. The van der Waals surface area contributed by atoms with Crippen LogP contribution in [0.2, 0.25) is 5.02 Å². The molecule has 18 heavy (non-hydrogen) atoms. The van der Waals surface area contributed by atoms with Gasteiger partial charge in [-0.05, 0) is 47.9 Å². The molecule has 1 aromatic heterocycles. The molecule has 2 rings (SSSR count). The highest BCUT2D eigenvalue weighted by Crippen LogP contribution is 2.28. The number of aromatic nitrogens is 1. The Morgan fingerprint density at radius 1 is 1.28 bits per heavy atom. The van der Waals surface area contributed by atoms with Crippen molar-refractivity contribution in [2.24, 2.45) is 5.84 Å². The van der Waals surface area contributed by atoms with Crippen molar-refractivity contribution in [2.75, 3.05) is 0 Å². The summed E-state index contributed by atoms with van der Waals surface area (Å²) < 4.78 is 0.983. The number of nitrogens with two attached hydrogens (primary N) is 1. The lowest BCUT2D eigenvalue weighted by molar-refractivity contribution is 0.551. The maximum Gasteiger partial charge on any atom is 0.0515 e. The van der Waals surface area contributed by atoms with Gasteiger partial charge in [-0.15, -0.1) is 0 Å². The molecule has 0 aliphatic rings. The van der Waals surface area contributed by atoms with Crippen LogP contribution in [-0.2, 0) is 6.42 Å². The number of nitrogens with one attached hydrogen (secondary N) is 1. The monoisotopic (exact) mass is 325 g/mol. The fourth-order valence-corrected chi connectivity index (χ4v) is 2.42. The predicted octanol–water partition coefficient (Wildman–Crippen LogP) is 3.24. The molecular weight excluding hydrogens is 314 g/mol. The second kappa shape index (κ2) is 6.29. The summed E-state index contributed by atoms with van der Waals surface area (Å²) in [7, 11) is 0. The van der Waals surface area contributed by atoms with Gasteiger partial charge in [-0.2, -0.15) is 0 Å². The molecular formula is C13H13BrClN3. The Balaban J connectivity index is 2.26. The maximum atomic E-state index is 6.21. The standard InChI is InChI=1S/C13H13BrClN3/c14-10-1-2-12(15)11(8-10)13(18-16)7-9-3-5-17-6-4-9/h1-6,8,13,18H,7,16H2. The van der Waals surface area contributed by atoms with Gasteiger partial charge in [0.15, 0.2) is 0 Å². The van der Waals surface area contributed by atoms with E-state index in [9.17, 15) is 0 Å². The molecule has 0 bridgehead atoms. The number of nitrogens with zero attached hydrogens (tertiary/aromatic N) is 1. The van der Waals surface area contributed by atoms with Crippen LogP contribution >= 0.6 is 27.5 Å². The van der Waals surface area contributed by atoms with Gasteiger partial charge in [-0.3, -0.25) is 16.3 Å². The quantitative estimate of drug-likeness (QED) is 0.670. The van der Waals surface area contributed by atoms with Gasteiger partial charge in [0.05, 0.1) is 6.04 Å². The lowest BCUT2D eigenvalue weighted by Gasteiger charge is -2.18. The summed E-state index contributed by atoms with van der Waals surface area (Å²) >= 11 is 9.65. The molecule has 1 aromatic carbocycles. The Hall–Kier alpha value is -0.940. The van der Waals surface area contributed by atoms with Gasteiger partial charge in [0.25, 0.3) is 0 Å². The number of hydrogen-bond acceptors (Lipinski definition) is 3. The lowest BCUT2D eigenvalue weighted by atomic mass is 10.00. The first kappa shape index (κ1) is 13.5. The average molecular weight is 327 g/mol. The third-order valence-corrected chi connectivity index (χ3v) is 3.56. The number of hydrazine groups is 1. The first-order valence-electron chi connectivity index (χ1n) is 5.50. The van der Waals surface area contributed by atoms with Crippen LogP contribution in [0.5, 0.6) is 0 Å². The van der Waals surface area contributed by atoms with E-state index in [-0.39, 0.29) is 6.04 Å². The van der Waals surface area contributed by atoms with Gasteiger partial charge in [0.1, 0.15) is 0 Å². The Bertz CT molecular complexity index is 519. The van der Waals surface area contributed by atoms with E-state index >= 15 is 0 Å². The summed E-state index contributed by atoms with van der Waals surface area (Å²) in [5.74, 6) is 5.63. The van der Waals surface area contributed by atoms with Crippen LogP contribution in [0, 0.1) is 0 Å². The van der Waals surface area contributed by atoms with Crippen LogP contribution in [0.4, 0.5) is 0 Å². The van der Waals surface area contributed by atoms with Gasteiger partial charge in [-0.1, -0.05) is 27.5 Å². The largest absolute Gasteiger partial charge is 0.271 e. The summed E-state index contributed by atoms with van der Waals surface area (Å²) in [5, 5.41) is 0.704. The second-order valence-corrected chi connectivity index (χ2v) is 5.27. The highest BCUT2D eigenvalue weighted by molar-refractivity contribution is 9.10. The minimum Gasteiger partial charge on any atom is -0.271 e. The van der Waals surface area contributed by atoms with Gasteiger partial charge in [0, 0.05) is 21.9 Å². The van der Waals surface area contributed by atoms with Gasteiger partial charge >= 0.3 is 0 Å². The molecule has 94 valence electrons. The Morgan fingerprint density at radius 2 is 2.00 bits per heavy atom. The van der Waals surface area contributed by atoms with E-state index in [1.54, 1.807) is 12.4 Å². The average Bonchev–Trinajstić information content (AvgIpc) is 2.40. The van der Waals surface area contributed by atoms with E-state index in [1.165, 1.54) is 0 Å².